The molecule has 0 bridgehead atoms. The third-order valence-electron chi connectivity index (χ3n) is 4.15. The van der Waals surface area contributed by atoms with Gasteiger partial charge in [0.15, 0.2) is 5.11 Å². The van der Waals surface area contributed by atoms with Gasteiger partial charge in [-0.2, -0.15) is 0 Å². The SMILES string of the molecule is CC(C)c1ccc(NC(=S)N(Cc2cccnc2)C2CC2)cc1. The summed E-state index contributed by atoms with van der Waals surface area (Å²) in [5.41, 5.74) is 3.59. The van der Waals surface area contributed by atoms with Crippen LogP contribution >= 0.6 is 12.2 Å². The van der Waals surface area contributed by atoms with Crippen molar-refractivity contribution in [3.05, 3.63) is 59.9 Å². The number of pyridine rings is 1. The lowest BCUT2D eigenvalue weighted by atomic mass is 10.0. The summed E-state index contributed by atoms with van der Waals surface area (Å²) in [7, 11) is 0. The molecule has 1 aliphatic carbocycles. The summed E-state index contributed by atoms with van der Waals surface area (Å²) in [5, 5.41) is 4.19. The minimum Gasteiger partial charge on any atom is -0.342 e. The van der Waals surface area contributed by atoms with Gasteiger partial charge in [0.05, 0.1) is 0 Å². The lowest BCUT2D eigenvalue weighted by molar-refractivity contribution is 0.409. The van der Waals surface area contributed by atoms with E-state index in [9.17, 15) is 0 Å². The van der Waals surface area contributed by atoms with E-state index in [1.165, 1.54) is 24.0 Å². The van der Waals surface area contributed by atoms with Crippen LogP contribution in [0.3, 0.4) is 0 Å². The summed E-state index contributed by atoms with van der Waals surface area (Å²) in [6, 6.07) is 13.2. The van der Waals surface area contributed by atoms with Crippen molar-refractivity contribution in [2.24, 2.45) is 0 Å². The Morgan fingerprint density at radius 2 is 2.00 bits per heavy atom. The number of aromatic nitrogens is 1. The number of benzene rings is 1. The standard InChI is InChI=1S/C19H23N3S/c1-14(2)16-5-7-17(8-6-16)21-19(23)22(18-9-10-18)13-15-4-3-11-20-12-15/h3-8,11-12,14,18H,9-10,13H2,1-2H3,(H,21,23). The lowest BCUT2D eigenvalue weighted by Crippen LogP contribution is -2.36. The summed E-state index contributed by atoms with van der Waals surface area (Å²) >= 11 is 5.65. The maximum atomic E-state index is 5.65. The molecule has 1 N–H and O–H groups in total. The Morgan fingerprint density at radius 3 is 2.57 bits per heavy atom. The predicted octanol–water partition coefficient (Wildman–Crippen LogP) is 4.57. The van der Waals surface area contributed by atoms with E-state index in [0.717, 1.165) is 17.3 Å². The number of hydrogen-bond acceptors (Lipinski definition) is 2. The van der Waals surface area contributed by atoms with E-state index < -0.39 is 0 Å². The molecule has 3 rings (SSSR count). The zero-order valence-corrected chi connectivity index (χ0v) is 14.5. The highest BCUT2D eigenvalue weighted by atomic mass is 32.1. The first-order chi connectivity index (χ1) is 11.1. The Morgan fingerprint density at radius 1 is 1.26 bits per heavy atom. The molecule has 1 aliphatic rings. The molecule has 0 amide bonds. The van der Waals surface area contributed by atoms with E-state index in [4.69, 9.17) is 12.2 Å². The Labute approximate surface area is 143 Å². The summed E-state index contributed by atoms with van der Waals surface area (Å²) < 4.78 is 0. The van der Waals surface area contributed by atoms with Gasteiger partial charge >= 0.3 is 0 Å². The van der Waals surface area contributed by atoms with Gasteiger partial charge in [-0.3, -0.25) is 4.98 Å². The van der Waals surface area contributed by atoms with Gasteiger partial charge in [-0.15, -0.1) is 0 Å². The van der Waals surface area contributed by atoms with Crippen LogP contribution in [-0.2, 0) is 6.54 Å². The van der Waals surface area contributed by atoms with Crippen molar-refractivity contribution in [3.8, 4) is 0 Å². The Bertz CT molecular complexity index is 648. The van der Waals surface area contributed by atoms with E-state index in [0.29, 0.717) is 12.0 Å². The number of anilines is 1. The minimum atomic E-state index is 0.546. The van der Waals surface area contributed by atoms with Crippen LogP contribution in [0.1, 0.15) is 43.7 Å². The van der Waals surface area contributed by atoms with Crippen LogP contribution in [-0.4, -0.2) is 21.0 Å². The summed E-state index contributed by atoms with van der Waals surface area (Å²) in [5.74, 6) is 0.546. The molecule has 0 radical (unpaired) electrons. The van der Waals surface area contributed by atoms with Gasteiger partial charge in [0.1, 0.15) is 0 Å². The van der Waals surface area contributed by atoms with Gasteiger partial charge in [-0.25, -0.2) is 0 Å². The third-order valence-corrected chi connectivity index (χ3v) is 4.49. The highest BCUT2D eigenvalue weighted by molar-refractivity contribution is 7.80. The molecule has 2 aromatic rings. The van der Waals surface area contributed by atoms with Crippen molar-refractivity contribution in [2.45, 2.75) is 45.2 Å². The molecule has 4 heteroatoms. The number of rotatable bonds is 5. The highest BCUT2D eigenvalue weighted by Crippen LogP contribution is 2.29. The van der Waals surface area contributed by atoms with Gasteiger partial charge in [0, 0.05) is 30.7 Å². The topological polar surface area (TPSA) is 28.2 Å². The van der Waals surface area contributed by atoms with Gasteiger partial charge in [-0.1, -0.05) is 32.0 Å². The molecule has 1 aromatic carbocycles. The predicted molar refractivity (Wildman–Crippen MR) is 99.6 cm³/mol. The first-order valence-corrected chi connectivity index (χ1v) is 8.61. The van der Waals surface area contributed by atoms with Crippen molar-refractivity contribution in [2.75, 3.05) is 5.32 Å². The largest absolute Gasteiger partial charge is 0.342 e. The number of nitrogens with zero attached hydrogens (tertiary/aromatic N) is 2. The lowest BCUT2D eigenvalue weighted by Gasteiger charge is -2.26. The first kappa shape index (κ1) is 15.9. The molecule has 1 aromatic heterocycles. The van der Waals surface area contributed by atoms with E-state index in [1.54, 1.807) is 6.20 Å². The van der Waals surface area contributed by atoms with E-state index in [-0.39, 0.29) is 0 Å². The average Bonchev–Trinajstić information content (AvgIpc) is 3.39. The van der Waals surface area contributed by atoms with Crippen molar-refractivity contribution in [1.29, 1.82) is 0 Å². The second-order valence-corrected chi connectivity index (χ2v) is 6.81. The van der Waals surface area contributed by atoms with Crippen LogP contribution in [0, 0.1) is 0 Å². The highest BCUT2D eigenvalue weighted by Gasteiger charge is 2.30. The van der Waals surface area contributed by atoms with E-state index >= 15 is 0 Å². The molecule has 0 aliphatic heterocycles. The molecule has 23 heavy (non-hydrogen) atoms. The first-order valence-electron chi connectivity index (χ1n) is 8.20. The van der Waals surface area contributed by atoms with Gasteiger partial charge in [0.2, 0.25) is 0 Å². The van der Waals surface area contributed by atoms with Crippen LogP contribution < -0.4 is 5.32 Å². The fraction of sp³-hybridized carbons (Fsp3) is 0.368. The van der Waals surface area contributed by atoms with Gasteiger partial charge in [0.25, 0.3) is 0 Å². The molecule has 0 atom stereocenters. The molecule has 0 unspecified atom stereocenters. The fourth-order valence-electron chi connectivity index (χ4n) is 2.59. The number of nitrogens with one attached hydrogen (secondary N) is 1. The monoisotopic (exact) mass is 325 g/mol. The van der Waals surface area contributed by atoms with Crippen molar-refractivity contribution < 1.29 is 0 Å². The molecular formula is C19H23N3S. The second-order valence-electron chi connectivity index (χ2n) is 6.43. The van der Waals surface area contributed by atoms with Crippen LogP contribution in [0.5, 0.6) is 0 Å². The molecule has 3 nitrogen and oxygen atoms in total. The third kappa shape index (κ3) is 4.29. The van der Waals surface area contributed by atoms with E-state index in [2.05, 4.69) is 59.4 Å². The Balaban J connectivity index is 1.67. The van der Waals surface area contributed by atoms with Crippen LogP contribution in [0.15, 0.2) is 48.8 Å². The average molecular weight is 325 g/mol. The number of hydrogen-bond donors (Lipinski definition) is 1. The molecular weight excluding hydrogens is 302 g/mol. The second kappa shape index (κ2) is 7.09. The zero-order valence-electron chi connectivity index (χ0n) is 13.7. The smallest absolute Gasteiger partial charge is 0.173 e. The van der Waals surface area contributed by atoms with Crippen molar-refractivity contribution in [1.82, 2.24) is 9.88 Å². The van der Waals surface area contributed by atoms with Crippen molar-refractivity contribution >= 4 is 23.0 Å². The molecule has 120 valence electrons. The van der Waals surface area contributed by atoms with Crippen LogP contribution in [0.25, 0.3) is 0 Å². The Kier molecular flexibility index (Phi) is 4.91. The van der Waals surface area contributed by atoms with Crippen molar-refractivity contribution in [3.63, 3.8) is 0 Å². The summed E-state index contributed by atoms with van der Waals surface area (Å²) in [6.07, 6.45) is 6.15. The number of thiocarbonyl (C=S) groups is 1. The Hall–Kier alpha value is -1.94. The summed E-state index contributed by atoms with van der Waals surface area (Å²) in [6.45, 7) is 5.22. The van der Waals surface area contributed by atoms with Crippen LogP contribution in [0.4, 0.5) is 5.69 Å². The molecule has 1 fully saturated rings. The van der Waals surface area contributed by atoms with Gasteiger partial charge < -0.3 is 10.2 Å². The summed E-state index contributed by atoms with van der Waals surface area (Å²) in [4.78, 5) is 6.48. The maximum Gasteiger partial charge on any atom is 0.173 e. The zero-order chi connectivity index (χ0) is 16.2. The molecule has 1 saturated carbocycles. The molecule has 0 spiro atoms. The molecule has 0 saturated heterocycles. The van der Waals surface area contributed by atoms with Gasteiger partial charge in [-0.05, 0) is 60.3 Å². The molecule has 1 heterocycles. The minimum absolute atomic E-state index is 0.546. The quantitative estimate of drug-likeness (QED) is 0.815. The van der Waals surface area contributed by atoms with Crippen LogP contribution in [0.2, 0.25) is 0 Å². The van der Waals surface area contributed by atoms with E-state index in [1.807, 2.05) is 12.3 Å². The maximum absolute atomic E-state index is 5.65. The fourth-order valence-corrected chi connectivity index (χ4v) is 2.92. The normalized spacial score (nSPS) is 13.9.